The highest BCUT2D eigenvalue weighted by molar-refractivity contribution is 5.78. The van der Waals surface area contributed by atoms with E-state index in [0.29, 0.717) is 6.54 Å². The van der Waals surface area contributed by atoms with E-state index < -0.39 is 0 Å². The molecule has 1 atom stereocenters. The Hall–Kier alpha value is -1.43. The van der Waals surface area contributed by atoms with Crippen molar-refractivity contribution in [2.45, 2.75) is 26.0 Å². The van der Waals surface area contributed by atoms with Crippen molar-refractivity contribution < 1.29 is 9.90 Å². The molecule has 0 aliphatic carbocycles. The summed E-state index contributed by atoms with van der Waals surface area (Å²) in [5.74, 6) is 0.239. The maximum absolute atomic E-state index is 12.6. The lowest BCUT2D eigenvalue weighted by atomic mass is 10.00. The van der Waals surface area contributed by atoms with Crippen LogP contribution in [0.1, 0.15) is 18.1 Å². The molecular formula is C18H27N3O2. The average Bonchev–Trinajstić information content (AvgIpc) is 2.55. The zero-order valence-electron chi connectivity index (χ0n) is 13.9. The predicted molar refractivity (Wildman–Crippen MR) is 90.1 cm³/mol. The number of β-amino-alcohol motifs (C(OH)–C–C–N with tert-alkyl or cyclic N) is 1. The second-order valence-corrected chi connectivity index (χ2v) is 6.76. The van der Waals surface area contributed by atoms with Crippen LogP contribution < -0.4 is 0 Å². The monoisotopic (exact) mass is 317 g/mol. The molecule has 1 fully saturated rings. The van der Waals surface area contributed by atoms with E-state index in [-0.39, 0.29) is 12.0 Å². The molecule has 0 saturated carbocycles. The maximum atomic E-state index is 12.6. The molecule has 2 aliphatic rings. The molecule has 1 aromatic carbocycles. The summed E-state index contributed by atoms with van der Waals surface area (Å²) in [5.41, 5.74) is 2.66. The van der Waals surface area contributed by atoms with Gasteiger partial charge in [-0.2, -0.15) is 0 Å². The van der Waals surface area contributed by atoms with Crippen LogP contribution in [-0.2, 0) is 17.8 Å². The first-order valence-corrected chi connectivity index (χ1v) is 8.59. The van der Waals surface area contributed by atoms with Crippen LogP contribution in [0.3, 0.4) is 0 Å². The van der Waals surface area contributed by atoms with Gasteiger partial charge in [-0.25, -0.2) is 0 Å². The molecule has 1 saturated heterocycles. The highest BCUT2D eigenvalue weighted by Gasteiger charge is 2.24. The first-order valence-electron chi connectivity index (χ1n) is 8.59. The van der Waals surface area contributed by atoms with Gasteiger partial charge in [-0.3, -0.25) is 14.6 Å². The van der Waals surface area contributed by atoms with Crippen molar-refractivity contribution in [3.05, 3.63) is 35.4 Å². The summed E-state index contributed by atoms with van der Waals surface area (Å²) in [5, 5.41) is 9.45. The Bertz CT molecular complexity index is 539. The number of fused-ring (bicyclic) bond motifs is 1. The molecule has 3 rings (SSSR count). The molecule has 0 spiro atoms. The van der Waals surface area contributed by atoms with Crippen molar-refractivity contribution >= 4 is 5.91 Å². The molecule has 2 heterocycles. The Morgan fingerprint density at radius 1 is 1.09 bits per heavy atom. The molecule has 23 heavy (non-hydrogen) atoms. The van der Waals surface area contributed by atoms with Crippen molar-refractivity contribution in [2.75, 3.05) is 45.8 Å². The molecule has 1 aromatic rings. The van der Waals surface area contributed by atoms with E-state index in [1.807, 2.05) is 17.9 Å². The van der Waals surface area contributed by atoms with E-state index in [4.69, 9.17) is 0 Å². The van der Waals surface area contributed by atoms with E-state index in [1.54, 1.807) is 0 Å². The summed E-state index contributed by atoms with van der Waals surface area (Å²) in [6.45, 7) is 8.32. The van der Waals surface area contributed by atoms with Crippen LogP contribution in [0.25, 0.3) is 0 Å². The van der Waals surface area contributed by atoms with Gasteiger partial charge in [0.05, 0.1) is 12.6 Å². The fraction of sp³-hybridized carbons (Fsp3) is 0.611. The molecule has 126 valence electrons. The van der Waals surface area contributed by atoms with Crippen molar-refractivity contribution in [1.29, 1.82) is 0 Å². The average molecular weight is 317 g/mol. The van der Waals surface area contributed by atoms with Crippen molar-refractivity contribution in [2.24, 2.45) is 0 Å². The number of piperazine rings is 1. The van der Waals surface area contributed by atoms with Gasteiger partial charge in [0, 0.05) is 45.8 Å². The minimum atomic E-state index is -0.281. The number of aliphatic hydroxyl groups excluding tert-OH is 1. The number of aliphatic hydroxyl groups is 1. The number of benzene rings is 1. The summed E-state index contributed by atoms with van der Waals surface area (Å²) in [6, 6.07) is 8.42. The lowest BCUT2D eigenvalue weighted by molar-refractivity contribution is -0.133. The molecule has 5 heteroatoms. The topological polar surface area (TPSA) is 47.0 Å². The van der Waals surface area contributed by atoms with Crippen LogP contribution in [0, 0.1) is 0 Å². The van der Waals surface area contributed by atoms with Crippen LogP contribution in [0.15, 0.2) is 24.3 Å². The van der Waals surface area contributed by atoms with Gasteiger partial charge >= 0.3 is 0 Å². The molecule has 0 radical (unpaired) electrons. The Kier molecular flexibility index (Phi) is 5.30. The van der Waals surface area contributed by atoms with E-state index in [1.165, 1.54) is 11.1 Å². The molecule has 0 aromatic heterocycles. The lowest BCUT2D eigenvalue weighted by Crippen LogP contribution is -2.51. The van der Waals surface area contributed by atoms with Gasteiger partial charge in [-0.15, -0.1) is 0 Å². The SMILES string of the molecule is CC(O)CN1CCN(CC(=O)N2CCc3ccccc3C2)CC1. The van der Waals surface area contributed by atoms with Crippen LogP contribution in [0.5, 0.6) is 0 Å². The van der Waals surface area contributed by atoms with Crippen LogP contribution in [-0.4, -0.2) is 77.6 Å². The number of nitrogens with zero attached hydrogens (tertiary/aromatic N) is 3. The molecular weight excluding hydrogens is 290 g/mol. The molecule has 1 unspecified atom stereocenters. The zero-order chi connectivity index (χ0) is 16.2. The Morgan fingerprint density at radius 3 is 2.43 bits per heavy atom. The second-order valence-electron chi connectivity index (χ2n) is 6.76. The van der Waals surface area contributed by atoms with Gasteiger partial charge < -0.3 is 10.0 Å². The maximum Gasteiger partial charge on any atom is 0.237 e. The molecule has 1 N–H and O–H groups in total. The van der Waals surface area contributed by atoms with E-state index >= 15 is 0 Å². The standard InChI is InChI=1S/C18H27N3O2/c1-15(22)12-19-8-10-20(11-9-19)14-18(23)21-7-6-16-4-2-3-5-17(16)13-21/h2-5,15,22H,6-14H2,1H3. The highest BCUT2D eigenvalue weighted by Crippen LogP contribution is 2.18. The van der Waals surface area contributed by atoms with Gasteiger partial charge in [0.25, 0.3) is 0 Å². The number of carbonyl (C=O) groups excluding carboxylic acids is 1. The third kappa shape index (κ3) is 4.31. The number of hydrogen-bond donors (Lipinski definition) is 1. The minimum absolute atomic E-state index is 0.239. The third-order valence-electron chi connectivity index (χ3n) is 4.83. The van der Waals surface area contributed by atoms with Crippen molar-refractivity contribution in [3.8, 4) is 0 Å². The number of carbonyl (C=O) groups is 1. The molecule has 2 aliphatic heterocycles. The fourth-order valence-corrected chi connectivity index (χ4v) is 3.50. The Labute approximate surface area is 138 Å². The van der Waals surface area contributed by atoms with Gasteiger partial charge in [-0.1, -0.05) is 24.3 Å². The number of amides is 1. The van der Waals surface area contributed by atoms with Crippen molar-refractivity contribution in [3.63, 3.8) is 0 Å². The third-order valence-corrected chi connectivity index (χ3v) is 4.83. The van der Waals surface area contributed by atoms with Crippen LogP contribution in [0.4, 0.5) is 0 Å². The quantitative estimate of drug-likeness (QED) is 0.882. The normalized spacial score (nSPS) is 21.0. The first kappa shape index (κ1) is 16.4. The molecule has 0 bridgehead atoms. The Balaban J connectivity index is 1.47. The van der Waals surface area contributed by atoms with Gasteiger partial charge in [0.2, 0.25) is 5.91 Å². The second kappa shape index (κ2) is 7.43. The summed E-state index contributed by atoms with van der Waals surface area (Å²) in [7, 11) is 0. The van der Waals surface area contributed by atoms with Crippen molar-refractivity contribution in [1.82, 2.24) is 14.7 Å². The first-order chi connectivity index (χ1) is 11.1. The van der Waals surface area contributed by atoms with Gasteiger partial charge in [0.1, 0.15) is 0 Å². The number of rotatable bonds is 4. The van der Waals surface area contributed by atoms with Crippen LogP contribution in [0.2, 0.25) is 0 Å². The Morgan fingerprint density at radius 2 is 1.74 bits per heavy atom. The highest BCUT2D eigenvalue weighted by atomic mass is 16.3. The summed E-state index contributed by atoms with van der Waals surface area (Å²) < 4.78 is 0. The van der Waals surface area contributed by atoms with Crippen LogP contribution >= 0.6 is 0 Å². The summed E-state index contributed by atoms with van der Waals surface area (Å²) >= 11 is 0. The van der Waals surface area contributed by atoms with E-state index in [2.05, 4.69) is 28.0 Å². The molecule has 1 amide bonds. The zero-order valence-corrected chi connectivity index (χ0v) is 13.9. The van der Waals surface area contributed by atoms with Gasteiger partial charge in [-0.05, 0) is 24.5 Å². The predicted octanol–water partition coefficient (Wildman–Crippen LogP) is 0.570. The van der Waals surface area contributed by atoms with E-state index in [0.717, 1.165) is 52.2 Å². The summed E-state index contributed by atoms with van der Waals surface area (Å²) in [6.07, 6.45) is 0.681. The fourth-order valence-electron chi connectivity index (χ4n) is 3.50. The lowest BCUT2D eigenvalue weighted by Gasteiger charge is -2.36. The smallest absolute Gasteiger partial charge is 0.237 e. The largest absolute Gasteiger partial charge is 0.392 e. The van der Waals surface area contributed by atoms with E-state index in [9.17, 15) is 9.90 Å². The van der Waals surface area contributed by atoms with Gasteiger partial charge in [0.15, 0.2) is 0 Å². The number of hydrogen-bond acceptors (Lipinski definition) is 4. The summed E-state index contributed by atoms with van der Waals surface area (Å²) in [4.78, 5) is 19.1. The minimum Gasteiger partial charge on any atom is -0.392 e. The molecule has 5 nitrogen and oxygen atoms in total.